The Balaban J connectivity index is 1.15. The lowest BCUT2D eigenvalue weighted by Gasteiger charge is -2.29. The first-order valence-electron chi connectivity index (χ1n) is 15.6. The highest BCUT2D eigenvalue weighted by Gasteiger charge is 2.37. The molecule has 9 rings (SSSR count). The van der Waals surface area contributed by atoms with Gasteiger partial charge in [-0.3, -0.25) is 0 Å². The minimum atomic E-state index is -0.0500. The number of thiophene rings is 1. The Morgan fingerprint density at radius 2 is 1.20 bits per heavy atom. The Morgan fingerprint density at radius 3 is 2.07 bits per heavy atom. The van der Waals surface area contributed by atoms with Gasteiger partial charge >= 0.3 is 0 Å². The first-order valence-corrected chi connectivity index (χ1v) is 16.4. The van der Waals surface area contributed by atoms with Crippen molar-refractivity contribution >= 4 is 59.3 Å². The van der Waals surface area contributed by atoms with E-state index in [2.05, 4.69) is 170 Å². The maximum absolute atomic E-state index is 2.42. The standard InChI is InChI=1S/C43H31NS/c1-43(2)37-15-8-6-14-35(37)42-38(43)16-10-17-39(42)44(32-11-4-3-5-12-32)33-23-21-28(22-24-33)29-19-20-30-26-36-34-13-7-9-18-40(34)45-41(36)27-31(30)25-29/h3-27H,1-2H3. The summed E-state index contributed by atoms with van der Waals surface area (Å²) in [4.78, 5) is 2.42. The molecule has 45 heavy (non-hydrogen) atoms. The smallest absolute Gasteiger partial charge is 0.0543 e. The second-order valence-corrected chi connectivity index (χ2v) is 13.7. The predicted octanol–water partition coefficient (Wildman–Crippen LogP) is 12.7. The van der Waals surface area contributed by atoms with Crippen molar-refractivity contribution in [3.63, 3.8) is 0 Å². The Labute approximate surface area is 267 Å². The molecule has 0 fully saturated rings. The van der Waals surface area contributed by atoms with Crippen molar-refractivity contribution in [1.29, 1.82) is 0 Å². The van der Waals surface area contributed by atoms with E-state index in [1.165, 1.54) is 70.0 Å². The highest BCUT2D eigenvalue weighted by Crippen LogP contribution is 2.54. The van der Waals surface area contributed by atoms with Gasteiger partial charge in [-0.2, -0.15) is 0 Å². The van der Waals surface area contributed by atoms with Crippen LogP contribution in [0, 0.1) is 0 Å². The normalized spacial score (nSPS) is 13.3. The molecular formula is C43H31NS. The van der Waals surface area contributed by atoms with Crippen molar-refractivity contribution in [3.8, 4) is 22.3 Å². The van der Waals surface area contributed by atoms with Crippen molar-refractivity contribution in [3.05, 3.63) is 163 Å². The average Bonchev–Trinajstić information content (AvgIpc) is 3.56. The zero-order valence-electron chi connectivity index (χ0n) is 25.3. The van der Waals surface area contributed by atoms with E-state index in [-0.39, 0.29) is 5.41 Å². The number of para-hydroxylation sites is 1. The molecule has 214 valence electrons. The molecule has 1 aliphatic carbocycles. The van der Waals surface area contributed by atoms with E-state index in [9.17, 15) is 0 Å². The van der Waals surface area contributed by atoms with Gasteiger partial charge in [0.25, 0.3) is 0 Å². The second-order valence-electron chi connectivity index (χ2n) is 12.6. The molecule has 0 amide bonds. The molecule has 0 saturated carbocycles. The number of hydrogen-bond acceptors (Lipinski definition) is 2. The summed E-state index contributed by atoms with van der Waals surface area (Å²) in [5.74, 6) is 0. The lowest BCUT2D eigenvalue weighted by molar-refractivity contribution is 0.660. The highest BCUT2D eigenvalue weighted by atomic mass is 32.1. The van der Waals surface area contributed by atoms with Gasteiger partial charge in [0.2, 0.25) is 0 Å². The average molecular weight is 594 g/mol. The number of benzene rings is 7. The summed E-state index contributed by atoms with van der Waals surface area (Å²) in [6.45, 7) is 4.69. The van der Waals surface area contributed by atoms with E-state index in [1.807, 2.05) is 11.3 Å². The number of fused-ring (bicyclic) bond motifs is 7. The SMILES string of the molecule is CC1(C)c2ccccc2-c2c(N(c3ccccc3)c3ccc(-c4ccc5cc6c(cc5c4)sc4ccccc46)cc3)cccc21. The second kappa shape index (κ2) is 9.92. The van der Waals surface area contributed by atoms with Crippen LogP contribution in [0.15, 0.2) is 152 Å². The lowest BCUT2D eigenvalue weighted by atomic mass is 9.82. The number of anilines is 3. The fraction of sp³-hybridized carbons (Fsp3) is 0.0698. The Hall–Kier alpha value is -5.18. The zero-order valence-corrected chi connectivity index (χ0v) is 26.1. The molecule has 0 radical (unpaired) electrons. The molecule has 0 saturated heterocycles. The van der Waals surface area contributed by atoms with Gasteiger partial charge in [-0.25, -0.2) is 0 Å². The van der Waals surface area contributed by atoms with Crippen LogP contribution in [0.5, 0.6) is 0 Å². The molecule has 0 spiro atoms. The van der Waals surface area contributed by atoms with E-state index in [0.29, 0.717) is 0 Å². The fourth-order valence-electron chi connectivity index (χ4n) is 7.38. The van der Waals surface area contributed by atoms with Gasteiger partial charge in [0, 0.05) is 42.5 Å². The summed E-state index contributed by atoms with van der Waals surface area (Å²) < 4.78 is 2.69. The summed E-state index contributed by atoms with van der Waals surface area (Å²) >= 11 is 1.88. The van der Waals surface area contributed by atoms with E-state index >= 15 is 0 Å². The topological polar surface area (TPSA) is 3.24 Å². The van der Waals surface area contributed by atoms with Gasteiger partial charge in [-0.05, 0) is 93.2 Å². The molecule has 7 aromatic carbocycles. The molecule has 0 atom stereocenters. The molecular weight excluding hydrogens is 563 g/mol. The Morgan fingerprint density at radius 1 is 0.489 bits per heavy atom. The van der Waals surface area contributed by atoms with Gasteiger partial charge in [-0.1, -0.05) is 111 Å². The number of nitrogens with zero attached hydrogens (tertiary/aromatic N) is 1. The van der Waals surface area contributed by atoms with Crippen LogP contribution in [-0.4, -0.2) is 0 Å². The number of rotatable bonds is 4. The summed E-state index contributed by atoms with van der Waals surface area (Å²) in [6.07, 6.45) is 0. The first kappa shape index (κ1) is 26.2. The summed E-state index contributed by atoms with van der Waals surface area (Å²) in [5.41, 5.74) is 11.3. The molecule has 0 unspecified atom stereocenters. The minimum absolute atomic E-state index is 0.0500. The number of hydrogen-bond donors (Lipinski definition) is 0. The van der Waals surface area contributed by atoms with Crippen LogP contribution >= 0.6 is 11.3 Å². The van der Waals surface area contributed by atoms with Crippen LogP contribution in [0.4, 0.5) is 17.1 Å². The maximum Gasteiger partial charge on any atom is 0.0543 e. The van der Waals surface area contributed by atoms with E-state index in [0.717, 1.165) is 11.4 Å². The van der Waals surface area contributed by atoms with Crippen molar-refractivity contribution in [2.24, 2.45) is 0 Å². The summed E-state index contributed by atoms with van der Waals surface area (Å²) in [5, 5.41) is 5.25. The molecule has 0 bridgehead atoms. The maximum atomic E-state index is 2.42. The van der Waals surface area contributed by atoms with Crippen LogP contribution < -0.4 is 4.90 Å². The lowest BCUT2D eigenvalue weighted by Crippen LogP contribution is -2.16. The third-order valence-corrected chi connectivity index (χ3v) is 10.8. The van der Waals surface area contributed by atoms with Crippen LogP contribution in [0.3, 0.4) is 0 Å². The molecule has 0 aliphatic heterocycles. The van der Waals surface area contributed by atoms with Crippen molar-refractivity contribution in [1.82, 2.24) is 0 Å². The van der Waals surface area contributed by atoms with Crippen LogP contribution in [0.1, 0.15) is 25.0 Å². The molecule has 0 N–H and O–H groups in total. The third-order valence-electron chi connectivity index (χ3n) is 9.64. The van der Waals surface area contributed by atoms with E-state index in [1.54, 1.807) is 0 Å². The van der Waals surface area contributed by atoms with Crippen LogP contribution in [0.2, 0.25) is 0 Å². The molecule has 8 aromatic rings. The monoisotopic (exact) mass is 593 g/mol. The summed E-state index contributed by atoms with van der Waals surface area (Å²) in [7, 11) is 0. The molecule has 1 nitrogen and oxygen atoms in total. The predicted molar refractivity (Wildman–Crippen MR) is 195 cm³/mol. The largest absolute Gasteiger partial charge is 0.310 e. The first-order chi connectivity index (χ1) is 22.1. The fourth-order valence-corrected chi connectivity index (χ4v) is 8.51. The van der Waals surface area contributed by atoms with Gasteiger partial charge in [-0.15, -0.1) is 11.3 Å². The van der Waals surface area contributed by atoms with E-state index < -0.39 is 0 Å². The molecule has 1 aromatic heterocycles. The third kappa shape index (κ3) is 4.06. The van der Waals surface area contributed by atoms with Crippen molar-refractivity contribution in [2.45, 2.75) is 19.3 Å². The quantitative estimate of drug-likeness (QED) is 0.196. The molecule has 2 heteroatoms. The van der Waals surface area contributed by atoms with Crippen LogP contribution in [-0.2, 0) is 5.41 Å². The highest BCUT2D eigenvalue weighted by molar-refractivity contribution is 7.25. The van der Waals surface area contributed by atoms with Gasteiger partial charge in [0.1, 0.15) is 0 Å². The summed E-state index contributed by atoms with van der Waals surface area (Å²) in [6, 6.07) is 55.8. The minimum Gasteiger partial charge on any atom is -0.310 e. The Kier molecular flexibility index (Phi) is 5.78. The Bertz CT molecular complexity index is 2400. The molecule has 1 aliphatic rings. The van der Waals surface area contributed by atoms with Gasteiger partial charge in [0.05, 0.1) is 5.69 Å². The zero-order chi connectivity index (χ0) is 30.1. The van der Waals surface area contributed by atoms with Gasteiger partial charge in [0.15, 0.2) is 0 Å². The van der Waals surface area contributed by atoms with Crippen molar-refractivity contribution in [2.75, 3.05) is 4.90 Å². The molecule has 1 heterocycles. The van der Waals surface area contributed by atoms with Crippen LogP contribution in [0.25, 0.3) is 53.2 Å². The van der Waals surface area contributed by atoms with Gasteiger partial charge < -0.3 is 4.90 Å². The van der Waals surface area contributed by atoms with E-state index in [4.69, 9.17) is 0 Å². The van der Waals surface area contributed by atoms with Crippen molar-refractivity contribution < 1.29 is 0 Å².